The molecule has 1 saturated heterocycles. The van der Waals surface area contributed by atoms with E-state index >= 15 is 0 Å². The molecule has 100 valence electrons. The largest absolute Gasteiger partial charge is 0.399 e. The van der Waals surface area contributed by atoms with Crippen LogP contribution < -0.4 is 11.1 Å². The fraction of sp³-hybridized carbons (Fsp3) is 0.571. The number of nitrogens with two attached hydrogens (primary N) is 1. The molecule has 0 spiro atoms. The van der Waals surface area contributed by atoms with Crippen molar-refractivity contribution in [2.75, 3.05) is 57.9 Å². The van der Waals surface area contributed by atoms with Gasteiger partial charge in [0.2, 0.25) is 0 Å². The maximum absolute atomic E-state index is 5.86. The molecule has 0 radical (unpaired) electrons. The molecular formula is C14H24N4. The van der Waals surface area contributed by atoms with E-state index in [9.17, 15) is 0 Å². The summed E-state index contributed by atoms with van der Waals surface area (Å²) in [5, 5.41) is 3.24. The molecule has 0 bridgehead atoms. The lowest BCUT2D eigenvalue weighted by Gasteiger charge is -2.32. The highest BCUT2D eigenvalue weighted by Crippen LogP contribution is 2.19. The van der Waals surface area contributed by atoms with Crippen molar-refractivity contribution < 1.29 is 0 Å². The van der Waals surface area contributed by atoms with E-state index in [1.54, 1.807) is 0 Å². The normalized spacial score (nSPS) is 17.9. The van der Waals surface area contributed by atoms with Gasteiger partial charge >= 0.3 is 0 Å². The van der Waals surface area contributed by atoms with E-state index in [-0.39, 0.29) is 0 Å². The van der Waals surface area contributed by atoms with Gasteiger partial charge in [-0.15, -0.1) is 0 Å². The molecule has 3 N–H and O–H groups in total. The number of hydrogen-bond donors (Lipinski definition) is 2. The molecule has 1 aliphatic heterocycles. The fourth-order valence-electron chi connectivity index (χ4n) is 2.41. The number of piperazine rings is 1. The summed E-state index contributed by atoms with van der Waals surface area (Å²) in [6.07, 6.45) is 1.06. The number of benzene rings is 1. The summed E-state index contributed by atoms with van der Waals surface area (Å²) in [7, 11) is 4.15. The number of anilines is 2. The number of likely N-dealkylation sites (N-methyl/N-ethyl adjacent to an activating group) is 1. The molecule has 0 saturated carbocycles. The lowest BCUT2D eigenvalue weighted by molar-refractivity contribution is 0.155. The lowest BCUT2D eigenvalue weighted by Crippen LogP contribution is -2.45. The molecule has 0 aromatic heterocycles. The van der Waals surface area contributed by atoms with Crippen molar-refractivity contribution in [2.45, 2.75) is 6.42 Å². The SMILES string of the molecule is CNc1ccc(N)cc1CCN1CCN(C)CC1. The van der Waals surface area contributed by atoms with Crippen molar-refractivity contribution in [2.24, 2.45) is 0 Å². The van der Waals surface area contributed by atoms with Crippen molar-refractivity contribution >= 4 is 11.4 Å². The molecular weight excluding hydrogens is 224 g/mol. The molecule has 4 nitrogen and oxygen atoms in total. The Kier molecular flexibility index (Phi) is 4.44. The topological polar surface area (TPSA) is 44.5 Å². The molecule has 0 atom stereocenters. The third kappa shape index (κ3) is 3.37. The Balaban J connectivity index is 1.91. The Bertz CT molecular complexity index is 383. The van der Waals surface area contributed by atoms with Gasteiger partial charge in [0.05, 0.1) is 0 Å². The third-order valence-electron chi connectivity index (χ3n) is 3.69. The summed E-state index contributed by atoms with van der Waals surface area (Å²) >= 11 is 0. The summed E-state index contributed by atoms with van der Waals surface area (Å²) in [6.45, 7) is 5.82. The average molecular weight is 248 g/mol. The molecule has 4 heteroatoms. The van der Waals surface area contributed by atoms with Gasteiger partial charge in [-0.05, 0) is 37.2 Å². The molecule has 1 fully saturated rings. The second-order valence-corrected chi connectivity index (χ2v) is 5.06. The molecule has 0 unspecified atom stereocenters. The number of nitrogens with zero attached hydrogens (tertiary/aromatic N) is 2. The van der Waals surface area contributed by atoms with Gasteiger partial charge in [-0.25, -0.2) is 0 Å². The zero-order valence-electron chi connectivity index (χ0n) is 11.4. The first kappa shape index (κ1) is 13.2. The summed E-state index contributed by atoms with van der Waals surface area (Å²) in [5.74, 6) is 0. The maximum atomic E-state index is 5.86. The zero-order valence-corrected chi connectivity index (χ0v) is 11.4. The van der Waals surface area contributed by atoms with E-state index in [0.717, 1.165) is 18.7 Å². The highest BCUT2D eigenvalue weighted by Gasteiger charge is 2.13. The minimum atomic E-state index is 0.849. The van der Waals surface area contributed by atoms with Crippen molar-refractivity contribution in [3.05, 3.63) is 23.8 Å². The van der Waals surface area contributed by atoms with E-state index in [1.165, 1.54) is 37.4 Å². The van der Waals surface area contributed by atoms with Crippen LogP contribution in [0.5, 0.6) is 0 Å². The van der Waals surface area contributed by atoms with E-state index in [4.69, 9.17) is 5.73 Å². The van der Waals surface area contributed by atoms with Gasteiger partial charge < -0.3 is 20.9 Å². The number of nitrogens with one attached hydrogen (secondary N) is 1. The molecule has 0 aliphatic carbocycles. The average Bonchev–Trinajstić information content (AvgIpc) is 2.38. The maximum Gasteiger partial charge on any atom is 0.0372 e. The van der Waals surface area contributed by atoms with Crippen LogP contribution in [-0.4, -0.2) is 56.6 Å². The van der Waals surface area contributed by atoms with Gasteiger partial charge in [-0.3, -0.25) is 0 Å². The smallest absolute Gasteiger partial charge is 0.0372 e. The molecule has 1 aliphatic rings. The van der Waals surface area contributed by atoms with E-state index in [1.807, 2.05) is 13.1 Å². The predicted molar refractivity (Wildman–Crippen MR) is 78.0 cm³/mol. The summed E-state index contributed by atoms with van der Waals surface area (Å²) < 4.78 is 0. The Morgan fingerprint density at radius 3 is 2.61 bits per heavy atom. The van der Waals surface area contributed by atoms with Crippen LogP contribution in [0.3, 0.4) is 0 Å². The van der Waals surface area contributed by atoms with Crippen molar-refractivity contribution in [3.63, 3.8) is 0 Å². The van der Waals surface area contributed by atoms with Gasteiger partial charge in [0.1, 0.15) is 0 Å². The fourth-order valence-corrected chi connectivity index (χ4v) is 2.41. The van der Waals surface area contributed by atoms with Crippen LogP contribution in [0.4, 0.5) is 11.4 Å². The second-order valence-electron chi connectivity index (χ2n) is 5.06. The van der Waals surface area contributed by atoms with Gasteiger partial charge in [-0.2, -0.15) is 0 Å². The minimum Gasteiger partial charge on any atom is -0.399 e. The van der Waals surface area contributed by atoms with Gasteiger partial charge in [0.25, 0.3) is 0 Å². The molecule has 2 rings (SSSR count). The molecule has 18 heavy (non-hydrogen) atoms. The van der Waals surface area contributed by atoms with Crippen LogP contribution in [0.1, 0.15) is 5.56 Å². The number of rotatable bonds is 4. The molecule has 1 heterocycles. The predicted octanol–water partition coefficient (Wildman–Crippen LogP) is 1.10. The Morgan fingerprint density at radius 1 is 1.22 bits per heavy atom. The standard InChI is InChI=1S/C14H24N4/c1-16-14-4-3-13(15)11-12(14)5-6-18-9-7-17(2)8-10-18/h3-4,11,16H,5-10,15H2,1-2H3. The van der Waals surface area contributed by atoms with Crippen LogP contribution >= 0.6 is 0 Å². The number of hydrogen-bond acceptors (Lipinski definition) is 4. The minimum absolute atomic E-state index is 0.849. The van der Waals surface area contributed by atoms with Crippen LogP contribution in [0, 0.1) is 0 Å². The van der Waals surface area contributed by atoms with E-state index in [2.05, 4.69) is 34.3 Å². The Hall–Kier alpha value is -1.26. The van der Waals surface area contributed by atoms with Crippen molar-refractivity contribution in [3.8, 4) is 0 Å². The zero-order chi connectivity index (χ0) is 13.0. The first-order valence-electron chi connectivity index (χ1n) is 6.66. The van der Waals surface area contributed by atoms with Crippen LogP contribution in [0.15, 0.2) is 18.2 Å². The quantitative estimate of drug-likeness (QED) is 0.783. The monoisotopic (exact) mass is 248 g/mol. The Labute approximate surface area is 110 Å². The second kappa shape index (κ2) is 6.07. The van der Waals surface area contributed by atoms with Gasteiger partial charge in [0, 0.05) is 51.1 Å². The molecule has 0 amide bonds. The first-order valence-corrected chi connectivity index (χ1v) is 6.66. The lowest BCUT2D eigenvalue weighted by atomic mass is 10.1. The van der Waals surface area contributed by atoms with E-state index < -0.39 is 0 Å². The highest BCUT2D eigenvalue weighted by molar-refractivity contribution is 5.57. The van der Waals surface area contributed by atoms with Gasteiger partial charge in [0.15, 0.2) is 0 Å². The van der Waals surface area contributed by atoms with Crippen LogP contribution in [0.25, 0.3) is 0 Å². The van der Waals surface area contributed by atoms with E-state index in [0.29, 0.717) is 0 Å². The van der Waals surface area contributed by atoms with Crippen molar-refractivity contribution in [1.82, 2.24) is 9.80 Å². The van der Waals surface area contributed by atoms with Crippen LogP contribution in [0.2, 0.25) is 0 Å². The highest BCUT2D eigenvalue weighted by atomic mass is 15.2. The first-order chi connectivity index (χ1) is 8.69. The third-order valence-corrected chi connectivity index (χ3v) is 3.69. The molecule has 1 aromatic rings. The summed E-state index contributed by atoms with van der Waals surface area (Å²) in [4.78, 5) is 4.92. The summed E-state index contributed by atoms with van der Waals surface area (Å²) in [5.41, 5.74) is 9.22. The summed E-state index contributed by atoms with van der Waals surface area (Å²) in [6, 6.07) is 6.10. The van der Waals surface area contributed by atoms with Crippen molar-refractivity contribution in [1.29, 1.82) is 0 Å². The van der Waals surface area contributed by atoms with Gasteiger partial charge in [-0.1, -0.05) is 0 Å². The Morgan fingerprint density at radius 2 is 1.94 bits per heavy atom. The van der Waals surface area contributed by atoms with Crippen LogP contribution in [-0.2, 0) is 6.42 Å². The molecule has 1 aromatic carbocycles. The number of nitrogen functional groups attached to an aromatic ring is 1.